The van der Waals surface area contributed by atoms with Crippen LogP contribution in [0.3, 0.4) is 0 Å². The zero-order valence-corrected chi connectivity index (χ0v) is 16.9. The number of nitrogens with one attached hydrogen (secondary N) is 1. The van der Waals surface area contributed by atoms with Crippen LogP contribution in [0, 0.1) is 5.41 Å². The normalized spacial score (nSPS) is 17.6. The molecule has 1 aliphatic rings. The number of amides is 1. The Morgan fingerprint density at radius 2 is 2.10 bits per heavy atom. The summed E-state index contributed by atoms with van der Waals surface area (Å²) in [5, 5.41) is 18.8. The number of benzene rings is 1. The first-order valence-electron chi connectivity index (χ1n) is 9.66. The number of tetrazole rings is 1. The van der Waals surface area contributed by atoms with Crippen LogP contribution in [-0.4, -0.2) is 43.0 Å². The van der Waals surface area contributed by atoms with E-state index < -0.39 is 0 Å². The molecule has 9 heteroatoms. The molecule has 0 aliphatic heterocycles. The van der Waals surface area contributed by atoms with E-state index in [1.807, 2.05) is 35.1 Å². The molecule has 0 fully saturated rings. The van der Waals surface area contributed by atoms with E-state index in [0.717, 1.165) is 35.5 Å². The Bertz CT molecular complexity index is 977. The molecule has 0 saturated carbocycles. The lowest BCUT2D eigenvalue weighted by Crippen LogP contribution is -2.37. The molecular formula is C20H25N7O2. The summed E-state index contributed by atoms with van der Waals surface area (Å²) in [6, 6.07) is 7.77. The minimum atomic E-state index is -0.0675. The predicted octanol–water partition coefficient (Wildman–Crippen LogP) is 2.09. The van der Waals surface area contributed by atoms with Gasteiger partial charge in [-0.25, -0.2) is 9.36 Å². The van der Waals surface area contributed by atoms with Crippen molar-refractivity contribution in [3.8, 4) is 11.4 Å². The number of methoxy groups -OCH3 is 1. The standard InChI is InChI=1S/C20H25N7O2/c1-20(2)10-17(23-19(28)8-9-26-13-21-24-25-26)16-12-22-27(18(16)11-20)14-4-6-15(29-3)7-5-14/h4-7,12-13,17H,8-11H2,1-3H3,(H,23,28)/t17-/m0/s1. The second-order valence-corrected chi connectivity index (χ2v) is 8.14. The van der Waals surface area contributed by atoms with Crippen LogP contribution in [0.2, 0.25) is 0 Å². The largest absolute Gasteiger partial charge is 0.497 e. The van der Waals surface area contributed by atoms with Crippen molar-refractivity contribution >= 4 is 5.91 Å². The van der Waals surface area contributed by atoms with Gasteiger partial charge in [-0.3, -0.25) is 4.79 Å². The third kappa shape index (κ3) is 4.13. The van der Waals surface area contributed by atoms with Gasteiger partial charge in [0.2, 0.25) is 5.91 Å². The van der Waals surface area contributed by atoms with Crippen molar-refractivity contribution in [1.82, 2.24) is 35.3 Å². The first kappa shape index (κ1) is 19.1. The van der Waals surface area contributed by atoms with Crippen LogP contribution in [0.1, 0.15) is 44.0 Å². The van der Waals surface area contributed by atoms with E-state index in [-0.39, 0.29) is 17.4 Å². The van der Waals surface area contributed by atoms with Gasteiger partial charge in [0.15, 0.2) is 0 Å². The molecule has 0 saturated heterocycles. The SMILES string of the molecule is COc1ccc(-n2ncc3c2CC(C)(C)C[C@@H]3NC(=O)CCn2cnnn2)cc1. The van der Waals surface area contributed by atoms with Crippen molar-refractivity contribution in [2.24, 2.45) is 5.41 Å². The van der Waals surface area contributed by atoms with E-state index in [1.165, 1.54) is 6.33 Å². The summed E-state index contributed by atoms with van der Waals surface area (Å²) in [5.41, 5.74) is 3.24. The number of ether oxygens (including phenoxy) is 1. The fraction of sp³-hybridized carbons (Fsp3) is 0.450. The van der Waals surface area contributed by atoms with Gasteiger partial charge in [-0.2, -0.15) is 5.10 Å². The maximum atomic E-state index is 12.5. The Balaban J connectivity index is 1.54. The van der Waals surface area contributed by atoms with Crippen LogP contribution in [0.25, 0.3) is 5.69 Å². The molecule has 1 aliphatic carbocycles. The van der Waals surface area contributed by atoms with E-state index in [2.05, 4.69) is 39.8 Å². The minimum absolute atomic E-state index is 0.0219. The van der Waals surface area contributed by atoms with Crippen LogP contribution < -0.4 is 10.1 Å². The van der Waals surface area contributed by atoms with E-state index in [9.17, 15) is 4.79 Å². The molecular weight excluding hydrogens is 370 g/mol. The molecule has 1 N–H and O–H groups in total. The summed E-state index contributed by atoms with van der Waals surface area (Å²) >= 11 is 0. The lowest BCUT2D eigenvalue weighted by atomic mass is 9.74. The van der Waals surface area contributed by atoms with Gasteiger partial charge in [-0.15, -0.1) is 5.10 Å². The van der Waals surface area contributed by atoms with Crippen LogP contribution >= 0.6 is 0 Å². The quantitative estimate of drug-likeness (QED) is 0.686. The number of hydrogen-bond acceptors (Lipinski definition) is 6. The number of rotatable bonds is 6. The molecule has 29 heavy (non-hydrogen) atoms. The summed E-state index contributed by atoms with van der Waals surface area (Å²) in [5.74, 6) is 0.786. The van der Waals surface area contributed by atoms with E-state index >= 15 is 0 Å². The van der Waals surface area contributed by atoms with Gasteiger partial charge < -0.3 is 10.1 Å². The van der Waals surface area contributed by atoms with Crippen molar-refractivity contribution in [3.63, 3.8) is 0 Å². The van der Waals surface area contributed by atoms with Gasteiger partial charge in [-0.1, -0.05) is 13.8 Å². The van der Waals surface area contributed by atoms with Crippen LogP contribution in [0.4, 0.5) is 0 Å². The third-order valence-corrected chi connectivity index (χ3v) is 5.29. The molecule has 9 nitrogen and oxygen atoms in total. The Kier molecular flexibility index (Phi) is 5.04. The molecule has 4 rings (SSSR count). The van der Waals surface area contributed by atoms with Gasteiger partial charge in [0, 0.05) is 12.0 Å². The second kappa shape index (κ2) is 7.65. The highest BCUT2D eigenvalue weighted by atomic mass is 16.5. The van der Waals surface area contributed by atoms with Crippen molar-refractivity contribution in [2.45, 2.75) is 45.7 Å². The zero-order chi connectivity index (χ0) is 20.4. The maximum Gasteiger partial charge on any atom is 0.222 e. The Morgan fingerprint density at radius 1 is 1.31 bits per heavy atom. The third-order valence-electron chi connectivity index (χ3n) is 5.29. The minimum Gasteiger partial charge on any atom is -0.497 e. The number of fused-ring (bicyclic) bond motifs is 1. The highest BCUT2D eigenvalue weighted by Crippen LogP contribution is 2.41. The topological polar surface area (TPSA) is 99.8 Å². The Hall–Kier alpha value is -3.23. The molecule has 0 radical (unpaired) electrons. The smallest absolute Gasteiger partial charge is 0.222 e. The van der Waals surface area contributed by atoms with Gasteiger partial charge in [-0.05, 0) is 52.9 Å². The molecule has 1 atom stereocenters. The Labute approximate surface area is 169 Å². The maximum absolute atomic E-state index is 12.5. The summed E-state index contributed by atoms with van der Waals surface area (Å²) in [7, 11) is 1.65. The molecule has 1 aromatic carbocycles. The van der Waals surface area contributed by atoms with Crippen LogP contribution in [0.15, 0.2) is 36.8 Å². The van der Waals surface area contributed by atoms with Gasteiger partial charge in [0.05, 0.1) is 37.3 Å². The Morgan fingerprint density at radius 3 is 2.79 bits per heavy atom. The van der Waals surface area contributed by atoms with Gasteiger partial charge in [0.25, 0.3) is 0 Å². The number of carbonyl (C=O) groups excluding carboxylic acids is 1. The molecule has 1 amide bonds. The first-order valence-corrected chi connectivity index (χ1v) is 9.66. The monoisotopic (exact) mass is 395 g/mol. The summed E-state index contributed by atoms with van der Waals surface area (Å²) in [4.78, 5) is 12.5. The average molecular weight is 395 g/mol. The summed E-state index contributed by atoms with van der Waals surface area (Å²) < 4.78 is 8.77. The van der Waals surface area contributed by atoms with Gasteiger partial charge >= 0.3 is 0 Å². The number of aryl methyl sites for hydroxylation is 1. The van der Waals surface area contributed by atoms with Crippen LogP contribution in [0.5, 0.6) is 5.75 Å². The van der Waals surface area contributed by atoms with Gasteiger partial charge in [0.1, 0.15) is 12.1 Å². The fourth-order valence-corrected chi connectivity index (χ4v) is 3.88. The molecule has 0 bridgehead atoms. The van der Waals surface area contributed by atoms with Crippen molar-refractivity contribution in [1.29, 1.82) is 0 Å². The zero-order valence-electron chi connectivity index (χ0n) is 16.9. The summed E-state index contributed by atoms with van der Waals surface area (Å²) in [6.45, 7) is 4.90. The molecule has 2 aromatic heterocycles. The van der Waals surface area contributed by atoms with E-state index in [1.54, 1.807) is 11.8 Å². The number of carbonyl (C=O) groups is 1. The van der Waals surface area contributed by atoms with E-state index in [4.69, 9.17) is 4.74 Å². The number of nitrogens with zero attached hydrogens (tertiary/aromatic N) is 6. The molecule has 3 aromatic rings. The summed E-state index contributed by atoms with van der Waals surface area (Å²) in [6.07, 6.45) is 5.47. The molecule has 0 unspecified atom stereocenters. The highest BCUT2D eigenvalue weighted by Gasteiger charge is 2.36. The van der Waals surface area contributed by atoms with E-state index in [0.29, 0.717) is 13.0 Å². The lowest BCUT2D eigenvalue weighted by molar-refractivity contribution is -0.122. The molecule has 2 heterocycles. The number of aromatic nitrogens is 6. The molecule has 0 spiro atoms. The average Bonchev–Trinajstić information content (AvgIpc) is 3.35. The first-order chi connectivity index (χ1) is 13.9. The second-order valence-electron chi connectivity index (χ2n) is 8.14. The lowest BCUT2D eigenvalue weighted by Gasteiger charge is -2.36. The van der Waals surface area contributed by atoms with Crippen molar-refractivity contribution in [3.05, 3.63) is 48.0 Å². The fourth-order valence-electron chi connectivity index (χ4n) is 3.88. The predicted molar refractivity (Wildman–Crippen MR) is 106 cm³/mol. The van der Waals surface area contributed by atoms with Crippen molar-refractivity contribution in [2.75, 3.05) is 7.11 Å². The van der Waals surface area contributed by atoms with Crippen molar-refractivity contribution < 1.29 is 9.53 Å². The molecule has 152 valence electrons. The van der Waals surface area contributed by atoms with Crippen LogP contribution in [-0.2, 0) is 17.8 Å². The number of hydrogen-bond donors (Lipinski definition) is 1. The highest BCUT2D eigenvalue weighted by molar-refractivity contribution is 5.76.